The Labute approximate surface area is 123 Å². The van der Waals surface area contributed by atoms with E-state index in [1.807, 2.05) is 20.8 Å². The Balaban J connectivity index is 3.08. The van der Waals surface area contributed by atoms with Gasteiger partial charge in [0.1, 0.15) is 11.5 Å². The highest BCUT2D eigenvalue weighted by Gasteiger charge is 2.31. The first kappa shape index (κ1) is 17.5. The number of Topliss-reactive ketones (excluding diaryl/α,β-unsaturated/α-hetero) is 1. The largest absolute Gasteiger partial charge is 0.573 e. The Hall–Kier alpha value is -1.52. The van der Waals surface area contributed by atoms with E-state index in [1.165, 1.54) is 12.1 Å². The zero-order valence-corrected chi connectivity index (χ0v) is 12.8. The van der Waals surface area contributed by atoms with Crippen molar-refractivity contribution in [3.05, 3.63) is 29.3 Å². The van der Waals surface area contributed by atoms with Crippen molar-refractivity contribution in [2.24, 2.45) is 0 Å². The molecule has 0 atom stereocenters. The highest BCUT2D eigenvalue weighted by molar-refractivity contribution is 5.78. The molecular weight excluding hydrogens is 281 g/mol. The van der Waals surface area contributed by atoms with Crippen LogP contribution in [0.15, 0.2) is 18.2 Å². The van der Waals surface area contributed by atoms with Gasteiger partial charge in [-0.2, -0.15) is 0 Å². The summed E-state index contributed by atoms with van der Waals surface area (Å²) >= 11 is 0. The average molecular weight is 302 g/mol. The quantitative estimate of drug-likeness (QED) is 0.781. The van der Waals surface area contributed by atoms with Crippen molar-refractivity contribution < 1.29 is 22.7 Å². The summed E-state index contributed by atoms with van der Waals surface area (Å²) in [6.07, 6.45) is -3.52. The van der Waals surface area contributed by atoms with E-state index in [0.717, 1.165) is 11.1 Å². The standard InChI is InChI=1S/C16H21F3O2/c1-5-12(20)7-6-11-10-13(21-16(17,18)19)8-9-14(11)15(2,3)4/h8-10H,5-7H2,1-4H3. The lowest BCUT2D eigenvalue weighted by Crippen LogP contribution is -2.19. The third-order valence-corrected chi connectivity index (χ3v) is 3.19. The van der Waals surface area contributed by atoms with Gasteiger partial charge < -0.3 is 4.74 Å². The van der Waals surface area contributed by atoms with Crippen molar-refractivity contribution in [2.45, 2.75) is 58.7 Å². The molecule has 0 unspecified atom stereocenters. The molecule has 0 spiro atoms. The lowest BCUT2D eigenvalue weighted by atomic mass is 9.82. The van der Waals surface area contributed by atoms with Crippen LogP contribution in [0.5, 0.6) is 5.75 Å². The van der Waals surface area contributed by atoms with Crippen LogP contribution in [0.2, 0.25) is 0 Å². The maximum atomic E-state index is 12.3. The van der Waals surface area contributed by atoms with Gasteiger partial charge in [-0.1, -0.05) is 33.8 Å². The molecule has 1 aromatic rings. The molecule has 118 valence electrons. The second kappa shape index (κ2) is 6.50. The fourth-order valence-corrected chi connectivity index (χ4v) is 2.16. The summed E-state index contributed by atoms with van der Waals surface area (Å²) in [6.45, 7) is 7.73. The molecule has 0 bridgehead atoms. The number of benzene rings is 1. The molecule has 0 fully saturated rings. The smallest absolute Gasteiger partial charge is 0.406 e. The number of alkyl halides is 3. The second-order valence-electron chi connectivity index (χ2n) is 6.01. The molecule has 21 heavy (non-hydrogen) atoms. The minimum atomic E-state index is -4.71. The summed E-state index contributed by atoms with van der Waals surface area (Å²) in [6, 6.07) is 4.35. The Kier molecular flexibility index (Phi) is 5.42. The van der Waals surface area contributed by atoms with Crippen LogP contribution < -0.4 is 4.74 Å². The molecule has 0 aliphatic rings. The van der Waals surface area contributed by atoms with E-state index < -0.39 is 6.36 Å². The van der Waals surface area contributed by atoms with Crippen molar-refractivity contribution in [3.63, 3.8) is 0 Å². The fraction of sp³-hybridized carbons (Fsp3) is 0.562. The molecule has 0 saturated carbocycles. The van der Waals surface area contributed by atoms with E-state index in [9.17, 15) is 18.0 Å². The van der Waals surface area contributed by atoms with Crippen LogP contribution in [0.1, 0.15) is 51.7 Å². The van der Waals surface area contributed by atoms with Crippen LogP contribution in [0.25, 0.3) is 0 Å². The number of ether oxygens (including phenoxy) is 1. The van der Waals surface area contributed by atoms with Gasteiger partial charge in [-0.3, -0.25) is 4.79 Å². The van der Waals surface area contributed by atoms with E-state index in [-0.39, 0.29) is 16.9 Å². The summed E-state index contributed by atoms with van der Waals surface area (Å²) in [7, 11) is 0. The van der Waals surface area contributed by atoms with Gasteiger partial charge in [0.15, 0.2) is 0 Å². The molecule has 2 nitrogen and oxygen atoms in total. The summed E-state index contributed by atoms with van der Waals surface area (Å²) in [5.41, 5.74) is 1.45. The zero-order valence-electron chi connectivity index (χ0n) is 12.8. The third-order valence-electron chi connectivity index (χ3n) is 3.19. The van der Waals surface area contributed by atoms with Crippen molar-refractivity contribution >= 4 is 5.78 Å². The fourth-order valence-electron chi connectivity index (χ4n) is 2.16. The summed E-state index contributed by atoms with van der Waals surface area (Å²) in [5, 5.41) is 0. The van der Waals surface area contributed by atoms with Crippen molar-refractivity contribution in [1.29, 1.82) is 0 Å². The first-order valence-electron chi connectivity index (χ1n) is 6.94. The van der Waals surface area contributed by atoms with Gasteiger partial charge in [0.2, 0.25) is 0 Å². The monoisotopic (exact) mass is 302 g/mol. The van der Waals surface area contributed by atoms with Crippen LogP contribution in [-0.4, -0.2) is 12.1 Å². The van der Waals surface area contributed by atoms with Crippen molar-refractivity contribution in [1.82, 2.24) is 0 Å². The number of carbonyl (C=O) groups excluding carboxylic acids is 1. The van der Waals surface area contributed by atoms with Crippen LogP contribution >= 0.6 is 0 Å². The first-order valence-corrected chi connectivity index (χ1v) is 6.94. The van der Waals surface area contributed by atoms with Gasteiger partial charge in [-0.05, 0) is 35.1 Å². The molecule has 0 saturated heterocycles. The molecule has 0 amide bonds. The summed E-state index contributed by atoms with van der Waals surface area (Å²) in [5.74, 6) is -0.147. The predicted molar refractivity (Wildman–Crippen MR) is 75.4 cm³/mol. The normalized spacial score (nSPS) is 12.3. The minimum Gasteiger partial charge on any atom is -0.406 e. The summed E-state index contributed by atoms with van der Waals surface area (Å²) < 4.78 is 40.9. The van der Waals surface area contributed by atoms with Crippen molar-refractivity contribution in [3.8, 4) is 5.75 Å². The molecule has 0 aromatic heterocycles. The molecular formula is C16H21F3O2. The zero-order chi connectivity index (χ0) is 16.3. The van der Waals surface area contributed by atoms with E-state index in [0.29, 0.717) is 19.3 Å². The van der Waals surface area contributed by atoms with E-state index in [2.05, 4.69) is 4.74 Å². The average Bonchev–Trinajstić information content (AvgIpc) is 2.32. The van der Waals surface area contributed by atoms with E-state index in [1.54, 1.807) is 13.0 Å². The molecule has 0 aliphatic carbocycles. The molecule has 0 radical (unpaired) electrons. The van der Waals surface area contributed by atoms with Gasteiger partial charge in [-0.15, -0.1) is 13.2 Å². The van der Waals surface area contributed by atoms with Gasteiger partial charge in [0.25, 0.3) is 0 Å². The first-order chi connectivity index (χ1) is 9.53. The highest BCUT2D eigenvalue weighted by Crippen LogP contribution is 2.31. The number of aryl methyl sites for hydroxylation is 1. The van der Waals surface area contributed by atoms with Crippen molar-refractivity contribution in [2.75, 3.05) is 0 Å². The number of ketones is 1. The van der Waals surface area contributed by atoms with Gasteiger partial charge in [0.05, 0.1) is 0 Å². The lowest BCUT2D eigenvalue weighted by molar-refractivity contribution is -0.274. The Morgan fingerprint density at radius 1 is 1.19 bits per heavy atom. The number of hydrogen-bond acceptors (Lipinski definition) is 2. The topological polar surface area (TPSA) is 26.3 Å². The Morgan fingerprint density at radius 3 is 2.29 bits per heavy atom. The maximum absolute atomic E-state index is 12.3. The maximum Gasteiger partial charge on any atom is 0.573 e. The highest BCUT2D eigenvalue weighted by atomic mass is 19.4. The molecule has 1 aromatic carbocycles. The minimum absolute atomic E-state index is 0.0944. The number of halogens is 3. The SMILES string of the molecule is CCC(=O)CCc1cc(OC(F)(F)F)ccc1C(C)(C)C. The third kappa shape index (κ3) is 5.78. The van der Waals surface area contributed by atoms with Gasteiger partial charge >= 0.3 is 6.36 Å². The molecule has 0 heterocycles. The lowest BCUT2D eigenvalue weighted by Gasteiger charge is -2.24. The molecule has 1 rings (SSSR count). The Morgan fingerprint density at radius 2 is 1.81 bits per heavy atom. The van der Waals surface area contributed by atoms with Crippen LogP contribution in [0.4, 0.5) is 13.2 Å². The predicted octanol–water partition coefficient (Wildman–Crippen LogP) is 4.79. The second-order valence-corrected chi connectivity index (χ2v) is 6.01. The number of rotatable bonds is 5. The van der Waals surface area contributed by atoms with Crippen LogP contribution in [-0.2, 0) is 16.6 Å². The molecule has 0 aliphatic heterocycles. The number of carbonyl (C=O) groups is 1. The van der Waals surface area contributed by atoms with E-state index >= 15 is 0 Å². The Bertz CT molecular complexity index is 499. The molecule has 5 heteroatoms. The van der Waals surface area contributed by atoms with Gasteiger partial charge in [0, 0.05) is 12.8 Å². The van der Waals surface area contributed by atoms with E-state index in [4.69, 9.17) is 0 Å². The van der Waals surface area contributed by atoms with Crippen LogP contribution in [0.3, 0.4) is 0 Å². The molecule has 0 N–H and O–H groups in total. The summed E-state index contributed by atoms with van der Waals surface area (Å²) in [4.78, 5) is 11.4. The van der Waals surface area contributed by atoms with Gasteiger partial charge in [-0.25, -0.2) is 0 Å². The van der Waals surface area contributed by atoms with Crippen LogP contribution in [0, 0.1) is 0 Å². The number of hydrogen-bond donors (Lipinski definition) is 0.